The lowest BCUT2D eigenvalue weighted by atomic mass is 9.73. The van der Waals surface area contributed by atoms with Crippen molar-refractivity contribution in [2.24, 2.45) is 11.8 Å². The molecule has 2 aliphatic heterocycles. The fraction of sp³-hybridized carbons (Fsp3) is 0.556. The normalized spacial score (nSPS) is 26.9. The zero-order chi connectivity index (χ0) is 25.1. The Morgan fingerprint density at radius 2 is 1.86 bits per heavy atom. The number of carbonyl (C=O) groups excluding carboxylic acids is 1. The van der Waals surface area contributed by atoms with Gasteiger partial charge < -0.3 is 19.6 Å². The standard InChI is InChI=1S/C27H36N4O5/c1-35-20-5-2-18(3-6-20)19-4-8-23-22(14-19)25(30-29-23)26(32)28-15-17-10-12-31(13-11-17)16-21-7-9-24(36-21)27(33)34/h2-3,5-7,9,17,19,22-23,25,29-30H,4,8,10-16H2,1H3,(H,28,32)(H,33,34). The van der Waals surface area contributed by atoms with Crippen molar-refractivity contribution in [1.29, 1.82) is 0 Å². The van der Waals surface area contributed by atoms with Gasteiger partial charge in [0.05, 0.1) is 13.7 Å². The predicted octanol–water partition coefficient (Wildman–Crippen LogP) is 2.74. The molecule has 2 saturated heterocycles. The van der Waals surface area contributed by atoms with Gasteiger partial charge in [0.25, 0.3) is 0 Å². The number of ether oxygens (including phenoxy) is 1. The van der Waals surface area contributed by atoms with Crippen LogP contribution in [0, 0.1) is 11.8 Å². The number of nitrogens with one attached hydrogen (secondary N) is 3. The fourth-order valence-electron chi connectivity index (χ4n) is 6.00. The van der Waals surface area contributed by atoms with E-state index in [-0.39, 0.29) is 23.6 Å². The van der Waals surface area contributed by atoms with Crippen LogP contribution in [0.15, 0.2) is 40.8 Å². The van der Waals surface area contributed by atoms with Crippen molar-refractivity contribution in [2.45, 2.75) is 56.7 Å². The Balaban J connectivity index is 1.08. The van der Waals surface area contributed by atoms with Crippen molar-refractivity contribution >= 4 is 11.9 Å². The molecular weight excluding hydrogens is 460 g/mol. The van der Waals surface area contributed by atoms with Crippen molar-refractivity contribution in [3.63, 3.8) is 0 Å². The Kier molecular flexibility index (Phi) is 7.59. The van der Waals surface area contributed by atoms with Gasteiger partial charge in [0.1, 0.15) is 17.6 Å². The lowest BCUT2D eigenvalue weighted by molar-refractivity contribution is -0.124. The van der Waals surface area contributed by atoms with E-state index >= 15 is 0 Å². The van der Waals surface area contributed by atoms with Crippen LogP contribution >= 0.6 is 0 Å². The van der Waals surface area contributed by atoms with Gasteiger partial charge in [-0.3, -0.25) is 15.1 Å². The van der Waals surface area contributed by atoms with Crippen LogP contribution in [0.1, 0.15) is 59.9 Å². The molecule has 4 N–H and O–H groups in total. The first kappa shape index (κ1) is 24.8. The summed E-state index contributed by atoms with van der Waals surface area (Å²) in [7, 11) is 1.68. The molecule has 36 heavy (non-hydrogen) atoms. The highest BCUT2D eigenvalue weighted by Crippen LogP contribution is 2.40. The highest BCUT2D eigenvalue weighted by molar-refractivity contribution is 5.84. The van der Waals surface area contributed by atoms with Gasteiger partial charge in [0.15, 0.2) is 0 Å². The summed E-state index contributed by atoms with van der Waals surface area (Å²) in [5.41, 5.74) is 7.97. The van der Waals surface area contributed by atoms with Gasteiger partial charge in [-0.05, 0) is 86.9 Å². The van der Waals surface area contributed by atoms with E-state index in [1.165, 1.54) is 11.6 Å². The summed E-state index contributed by atoms with van der Waals surface area (Å²) < 4.78 is 10.7. The van der Waals surface area contributed by atoms with Gasteiger partial charge in [0, 0.05) is 18.5 Å². The number of hydrogen-bond donors (Lipinski definition) is 4. The molecule has 1 aromatic heterocycles. The second kappa shape index (κ2) is 11.0. The molecule has 1 aliphatic carbocycles. The second-order valence-electron chi connectivity index (χ2n) is 10.4. The molecule has 194 valence electrons. The summed E-state index contributed by atoms with van der Waals surface area (Å²) in [4.78, 5) is 26.4. The molecule has 0 bridgehead atoms. The summed E-state index contributed by atoms with van der Waals surface area (Å²) in [6.45, 7) is 3.11. The van der Waals surface area contributed by atoms with E-state index in [2.05, 4.69) is 33.2 Å². The molecule has 0 radical (unpaired) electrons. The molecule has 9 heteroatoms. The highest BCUT2D eigenvalue weighted by Gasteiger charge is 2.43. The number of carbonyl (C=O) groups is 2. The van der Waals surface area contributed by atoms with E-state index in [0.29, 0.717) is 36.7 Å². The summed E-state index contributed by atoms with van der Waals surface area (Å²) in [5, 5.41) is 12.2. The molecule has 1 amide bonds. The van der Waals surface area contributed by atoms with Crippen LogP contribution < -0.4 is 20.9 Å². The zero-order valence-electron chi connectivity index (χ0n) is 20.7. The van der Waals surface area contributed by atoms with Crippen molar-refractivity contribution in [3.05, 3.63) is 53.5 Å². The number of aromatic carboxylic acids is 1. The monoisotopic (exact) mass is 496 g/mol. The Labute approximate surface area is 211 Å². The number of amides is 1. The summed E-state index contributed by atoms with van der Waals surface area (Å²) in [6, 6.07) is 11.7. The number of likely N-dealkylation sites (tertiary alicyclic amines) is 1. The fourth-order valence-corrected chi connectivity index (χ4v) is 6.00. The van der Waals surface area contributed by atoms with Gasteiger partial charge in [0.2, 0.25) is 11.7 Å². The molecule has 9 nitrogen and oxygen atoms in total. The molecule has 5 rings (SSSR count). The number of furan rings is 1. The van der Waals surface area contributed by atoms with E-state index in [9.17, 15) is 9.59 Å². The van der Waals surface area contributed by atoms with Crippen molar-refractivity contribution in [3.8, 4) is 5.75 Å². The molecule has 2 aromatic rings. The molecular formula is C27H36N4O5. The number of fused-ring (bicyclic) bond motifs is 1. The average molecular weight is 497 g/mol. The van der Waals surface area contributed by atoms with Crippen LogP contribution in [-0.2, 0) is 11.3 Å². The highest BCUT2D eigenvalue weighted by atomic mass is 16.5. The average Bonchev–Trinajstić information content (AvgIpc) is 3.55. The number of benzene rings is 1. The van der Waals surface area contributed by atoms with E-state index in [4.69, 9.17) is 14.3 Å². The Morgan fingerprint density at radius 1 is 1.08 bits per heavy atom. The summed E-state index contributed by atoms with van der Waals surface area (Å²) in [6.07, 6.45) is 5.15. The molecule has 4 atom stereocenters. The number of nitrogens with zero attached hydrogens (tertiary/aromatic N) is 1. The zero-order valence-corrected chi connectivity index (χ0v) is 20.7. The summed E-state index contributed by atoms with van der Waals surface area (Å²) >= 11 is 0. The first-order valence-electron chi connectivity index (χ1n) is 13.0. The van der Waals surface area contributed by atoms with Gasteiger partial charge in [-0.1, -0.05) is 12.1 Å². The number of piperidine rings is 1. The number of methoxy groups -OCH3 is 1. The van der Waals surface area contributed by atoms with Crippen LogP contribution in [0.2, 0.25) is 0 Å². The lowest BCUT2D eigenvalue weighted by Gasteiger charge is -2.34. The molecule has 1 saturated carbocycles. The molecule has 3 heterocycles. The third-order valence-corrected chi connectivity index (χ3v) is 8.15. The predicted molar refractivity (Wildman–Crippen MR) is 134 cm³/mol. The topological polar surface area (TPSA) is 116 Å². The molecule has 4 unspecified atom stereocenters. The minimum absolute atomic E-state index is 0.0202. The minimum atomic E-state index is -1.04. The van der Waals surface area contributed by atoms with Crippen LogP contribution in [0.25, 0.3) is 0 Å². The van der Waals surface area contributed by atoms with Crippen molar-refractivity contribution in [2.75, 3.05) is 26.7 Å². The molecule has 3 aliphatic rings. The molecule has 0 spiro atoms. The maximum atomic E-state index is 13.1. The number of hydrazine groups is 1. The van der Waals surface area contributed by atoms with E-state index in [1.807, 2.05) is 12.1 Å². The van der Waals surface area contributed by atoms with Crippen LogP contribution in [0.3, 0.4) is 0 Å². The number of carboxylic acids is 1. The first-order valence-corrected chi connectivity index (χ1v) is 13.0. The number of carboxylic acid groups (broad SMARTS) is 1. The Hall–Kier alpha value is -2.88. The van der Waals surface area contributed by atoms with Crippen LogP contribution in [-0.4, -0.2) is 60.7 Å². The summed E-state index contributed by atoms with van der Waals surface area (Å²) in [5.74, 6) is 1.74. The van der Waals surface area contributed by atoms with Gasteiger partial charge in [-0.2, -0.15) is 0 Å². The molecule has 3 fully saturated rings. The maximum absolute atomic E-state index is 13.1. The van der Waals surface area contributed by atoms with Gasteiger partial charge in [-0.25, -0.2) is 10.2 Å². The third kappa shape index (κ3) is 5.58. The number of hydrogen-bond acceptors (Lipinski definition) is 7. The van der Waals surface area contributed by atoms with Crippen molar-refractivity contribution < 1.29 is 23.8 Å². The second-order valence-corrected chi connectivity index (χ2v) is 10.4. The maximum Gasteiger partial charge on any atom is 0.371 e. The Bertz CT molecular complexity index is 1050. The smallest absolute Gasteiger partial charge is 0.371 e. The van der Waals surface area contributed by atoms with E-state index in [1.54, 1.807) is 13.2 Å². The lowest BCUT2D eigenvalue weighted by Crippen LogP contribution is -2.48. The SMILES string of the molecule is COc1ccc(C2CCC3NNC(C(=O)NCC4CCN(Cc5ccc(C(=O)O)o5)CC4)C3C2)cc1. The van der Waals surface area contributed by atoms with Gasteiger partial charge in [-0.15, -0.1) is 0 Å². The van der Waals surface area contributed by atoms with Crippen LogP contribution in [0.5, 0.6) is 5.75 Å². The van der Waals surface area contributed by atoms with Crippen molar-refractivity contribution in [1.82, 2.24) is 21.1 Å². The van der Waals surface area contributed by atoms with E-state index < -0.39 is 5.97 Å². The number of rotatable bonds is 8. The van der Waals surface area contributed by atoms with E-state index in [0.717, 1.165) is 50.9 Å². The quantitative estimate of drug-likeness (QED) is 0.441. The Morgan fingerprint density at radius 3 is 2.56 bits per heavy atom. The minimum Gasteiger partial charge on any atom is -0.497 e. The molecule has 1 aromatic carbocycles. The van der Waals surface area contributed by atoms with Gasteiger partial charge >= 0.3 is 5.97 Å². The van der Waals surface area contributed by atoms with Crippen LogP contribution in [0.4, 0.5) is 0 Å². The first-order chi connectivity index (χ1) is 17.5. The largest absolute Gasteiger partial charge is 0.497 e. The third-order valence-electron chi connectivity index (χ3n) is 8.15.